The maximum Gasteiger partial charge on any atom is 0.151 e. The third kappa shape index (κ3) is 3.16. The summed E-state index contributed by atoms with van der Waals surface area (Å²) in [6.45, 7) is 2.13. The van der Waals surface area contributed by atoms with Crippen LogP contribution in [0.4, 0.5) is 0 Å². The number of rotatable bonds is 5. The van der Waals surface area contributed by atoms with Crippen LogP contribution in [0, 0.1) is 0 Å². The number of aliphatic hydroxyl groups excluding tert-OH is 1. The molecule has 0 spiro atoms. The van der Waals surface area contributed by atoms with Crippen LogP contribution in [0.5, 0.6) is 0 Å². The highest BCUT2D eigenvalue weighted by molar-refractivity contribution is 7.91. The van der Waals surface area contributed by atoms with Crippen LogP contribution in [-0.4, -0.2) is 49.6 Å². The average Bonchev–Trinajstić information content (AvgIpc) is 2.74. The van der Waals surface area contributed by atoms with Crippen molar-refractivity contribution in [3.8, 4) is 0 Å². The van der Waals surface area contributed by atoms with E-state index in [0.717, 1.165) is 17.5 Å². The second-order valence-electron chi connectivity index (χ2n) is 5.13. The lowest BCUT2D eigenvalue weighted by molar-refractivity contribution is 0.0794. The first-order chi connectivity index (χ1) is 8.94. The predicted molar refractivity (Wildman–Crippen MR) is 75.9 cm³/mol. The molecule has 1 aromatic carbocycles. The van der Waals surface area contributed by atoms with Gasteiger partial charge >= 0.3 is 0 Å². The van der Waals surface area contributed by atoms with E-state index < -0.39 is 15.9 Å². The van der Waals surface area contributed by atoms with Crippen molar-refractivity contribution in [2.75, 3.05) is 25.1 Å². The van der Waals surface area contributed by atoms with Gasteiger partial charge in [-0.2, -0.15) is 0 Å². The Balaban J connectivity index is 2.01. The second-order valence-corrected chi connectivity index (χ2v) is 7.60. The number of fused-ring (bicyclic) bond motifs is 1. The molecule has 1 aliphatic carbocycles. The van der Waals surface area contributed by atoms with E-state index in [1.807, 2.05) is 36.2 Å². The summed E-state index contributed by atoms with van der Waals surface area (Å²) in [5, 5.41) is 10.3. The Morgan fingerprint density at radius 2 is 2.05 bits per heavy atom. The molecule has 1 aliphatic rings. The number of likely N-dealkylation sites (N-methyl/N-ethyl adjacent to an activating group) is 1. The molecule has 5 heteroatoms. The molecule has 1 aromatic rings. The fourth-order valence-electron chi connectivity index (χ4n) is 2.54. The van der Waals surface area contributed by atoms with E-state index in [0.29, 0.717) is 6.54 Å². The summed E-state index contributed by atoms with van der Waals surface area (Å²) in [6.07, 6.45) is 0.255. The summed E-state index contributed by atoms with van der Waals surface area (Å²) in [5.74, 6) is 0.327. The molecule has 0 aliphatic heterocycles. The molecule has 0 heterocycles. The van der Waals surface area contributed by atoms with Gasteiger partial charge in [-0.05, 0) is 24.6 Å². The molecule has 2 atom stereocenters. The molecule has 4 nitrogen and oxygen atoms in total. The first-order valence-electron chi connectivity index (χ1n) is 6.61. The Morgan fingerprint density at radius 3 is 2.68 bits per heavy atom. The van der Waals surface area contributed by atoms with Crippen LogP contribution < -0.4 is 0 Å². The Kier molecular flexibility index (Phi) is 4.28. The zero-order chi connectivity index (χ0) is 14.0. The molecule has 0 aromatic heterocycles. The van der Waals surface area contributed by atoms with Crippen molar-refractivity contribution in [3.05, 3.63) is 35.4 Å². The Morgan fingerprint density at radius 1 is 1.37 bits per heavy atom. The van der Waals surface area contributed by atoms with Gasteiger partial charge in [0.1, 0.15) is 0 Å². The largest absolute Gasteiger partial charge is 0.387 e. The van der Waals surface area contributed by atoms with Crippen LogP contribution in [-0.2, 0) is 16.3 Å². The lowest BCUT2D eigenvalue weighted by atomic mass is 10.1. The Bertz CT molecular complexity index is 541. The lowest BCUT2D eigenvalue weighted by Gasteiger charge is -2.27. The van der Waals surface area contributed by atoms with Gasteiger partial charge in [0.2, 0.25) is 0 Å². The molecule has 0 amide bonds. The van der Waals surface area contributed by atoms with Crippen molar-refractivity contribution in [1.29, 1.82) is 0 Å². The minimum absolute atomic E-state index is 0.0237. The van der Waals surface area contributed by atoms with Crippen LogP contribution in [0.15, 0.2) is 24.3 Å². The summed E-state index contributed by atoms with van der Waals surface area (Å²) in [4.78, 5) is 1.96. The highest BCUT2D eigenvalue weighted by atomic mass is 32.2. The minimum atomic E-state index is -2.95. The van der Waals surface area contributed by atoms with E-state index in [9.17, 15) is 13.5 Å². The van der Waals surface area contributed by atoms with Gasteiger partial charge in [0.05, 0.1) is 11.9 Å². The summed E-state index contributed by atoms with van der Waals surface area (Å²) >= 11 is 0. The van der Waals surface area contributed by atoms with Gasteiger partial charge in [0.25, 0.3) is 0 Å². The molecule has 0 saturated carbocycles. The van der Waals surface area contributed by atoms with Crippen LogP contribution in [0.3, 0.4) is 0 Å². The standard InChI is InChI=1S/C14H21NO3S/c1-3-19(17,18)9-8-15(2)13-10-11-6-4-5-7-12(11)14(13)16/h4-7,13-14,16H,3,8-10H2,1-2H3. The molecule has 1 N–H and O–H groups in total. The lowest BCUT2D eigenvalue weighted by Crippen LogP contribution is -2.38. The zero-order valence-electron chi connectivity index (χ0n) is 11.4. The van der Waals surface area contributed by atoms with E-state index >= 15 is 0 Å². The third-order valence-electron chi connectivity index (χ3n) is 3.93. The van der Waals surface area contributed by atoms with Crippen molar-refractivity contribution in [2.45, 2.75) is 25.5 Å². The normalized spacial score (nSPS) is 22.7. The highest BCUT2D eigenvalue weighted by Crippen LogP contribution is 2.33. The van der Waals surface area contributed by atoms with E-state index in [2.05, 4.69) is 0 Å². The molecule has 0 bridgehead atoms. The third-order valence-corrected chi connectivity index (χ3v) is 5.61. The molecule has 0 saturated heterocycles. The van der Waals surface area contributed by atoms with Crippen LogP contribution in [0.1, 0.15) is 24.2 Å². The van der Waals surface area contributed by atoms with Gasteiger partial charge in [-0.3, -0.25) is 4.90 Å². The monoisotopic (exact) mass is 283 g/mol. The van der Waals surface area contributed by atoms with Crippen LogP contribution in [0.2, 0.25) is 0 Å². The van der Waals surface area contributed by atoms with Gasteiger partial charge in [-0.15, -0.1) is 0 Å². The topological polar surface area (TPSA) is 57.6 Å². The molecule has 2 unspecified atom stereocenters. The van der Waals surface area contributed by atoms with E-state index in [4.69, 9.17) is 0 Å². The number of hydrogen-bond acceptors (Lipinski definition) is 4. The maximum atomic E-state index is 11.5. The van der Waals surface area contributed by atoms with Crippen molar-refractivity contribution in [2.24, 2.45) is 0 Å². The van der Waals surface area contributed by atoms with Gasteiger partial charge < -0.3 is 5.11 Å². The van der Waals surface area contributed by atoms with Crippen molar-refractivity contribution in [1.82, 2.24) is 4.90 Å². The summed E-state index contributed by atoms with van der Waals surface area (Å²) in [5.41, 5.74) is 2.13. The number of benzene rings is 1. The fraction of sp³-hybridized carbons (Fsp3) is 0.571. The molecular formula is C14H21NO3S. The molecule has 0 radical (unpaired) electrons. The highest BCUT2D eigenvalue weighted by Gasteiger charge is 2.33. The second kappa shape index (κ2) is 5.61. The molecule has 2 rings (SSSR count). The Labute approximate surface area is 115 Å². The number of sulfone groups is 1. The fourth-order valence-corrected chi connectivity index (χ4v) is 3.40. The minimum Gasteiger partial charge on any atom is -0.387 e. The van der Waals surface area contributed by atoms with Gasteiger partial charge in [-0.1, -0.05) is 31.2 Å². The summed E-state index contributed by atoms with van der Waals surface area (Å²) < 4.78 is 23.1. The van der Waals surface area contributed by atoms with Gasteiger partial charge in [0, 0.05) is 18.3 Å². The first-order valence-corrected chi connectivity index (χ1v) is 8.43. The van der Waals surface area contributed by atoms with Crippen molar-refractivity contribution < 1.29 is 13.5 Å². The first kappa shape index (κ1) is 14.5. The Hall–Kier alpha value is -0.910. The zero-order valence-corrected chi connectivity index (χ0v) is 12.2. The smallest absolute Gasteiger partial charge is 0.151 e. The summed E-state index contributed by atoms with van der Waals surface area (Å²) in [6, 6.07) is 7.83. The molecule has 19 heavy (non-hydrogen) atoms. The predicted octanol–water partition coefficient (Wildman–Crippen LogP) is 1.01. The summed E-state index contributed by atoms with van der Waals surface area (Å²) in [7, 11) is -1.07. The van der Waals surface area contributed by atoms with E-state index in [1.165, 1.54) is 0 Å². The SMILES string of the molecule is CCS(=O)(=O)CCN(C)C1Cc2ccccc2C1O. The average molecular weight is 283 g/mol. The quantitative estimate of drug-likeness (QED) is 0.876. The van der Waals surface area contributed by atoms with E-state index in [1.54, 1.807) is 6.92 Å². The van der Waals surface area contributed by atoms with Crippen LogP contribution >= 0.6 is 0 Å². The maximum absolute atomic E-state index is 11.5. The molecular weight excluding hydrogens is 262 g/mol. The number of nitrogens with zero attached hydrogens (tertiary/aromatic N) is 1. The number of aliphatic hydroxyl groups is 1. The van der Waals surface area contributed by atoms with Gasteiger partial charge in [0.15, 0.2) is 9.84 Å². The van der Waals surface area contributed by atoms with E-state index in [-0.39, 0.29) is 17.5 Å². The van der Waals surface area contributed by atoms with Crippen LogP contribution in [0.25, 0.3) is 0 Å². The number of hydrogen-bond donors (Lipinski definition) is 1. The van der Waals surface area contributed by atoms with Crippen molar-refractivity contribution in [3.63, 3.8) is 0 Å². The molecule has 106 valence electrons. The van der Waals surface area contributed by atoms with Crippen molar-refractivity contribution >= 4 is 9.84 Å². The van der Waals surface area contributed by atoms with Gasteiger partial charge in [-0.25, -0.2) is 8.42 Å². The molecule has 0 fully saturated rings.